The highest BCUT2D eigenvalue weighted by molar-refractivity contribution is 5.69. The van der Waals surface area contributed by atoms with Gasteiger partial charge >= 0.3 is 6.09 Å². The van der Waals surface area contributed by atoms with Crippen molar-refractivity contribution in [1.29, 1.82) is 0 Å². The lowest BCUT2D eigenvalue weighted by Crippen LogP contribution is -2.36. The number of rotatable bonds is 4. The molecule has 1 aromatic heterocycles. The Morgan fingerprint density at radius 3 is 2.76 bits per heavy atom. The number of benzene rings is 1. The second kappa shape index (κ2) is 7.25. The number of likely N-dealkylation sites (tertiary alicyclic amines) is 1. The lowest BCUT2D eigenvalue weighted by Gasteiger charge is -2.26. The number of hydrogen-bond acceptors (Lipinski definition) is 5. The second-order valence-corrected chi connectivity index (χ2v) is 7.37. The van der Waals surface area contributed by atoms with Crippen LogP contribution in [0, 0.1) is 0 Å². The first kappa shape index (κ1) is 17.5. The van der Waals surface area contributed by atoms with Gasteiger partial charge in [0.1, 0.15) is 11.6 Å². The molecule has 0 N–H and O–H groups in total. The van der Waals surface area contributed by atoms with E-state index in [0.717, 1.165) is 19.3 Å². The summed E-state index contributed by atoms with van der Waals surface area (Å²) in [6.45, 7) is 6.25. The molecule has 1 atom stereocenters. The summed E-state index contributed by atoms with van der Waals surface area (Å²) in [6, 6.07) is 10.0. The lowest BCUT2D eigenvalue weighted by molar-refractivity contribution is 0.0199. The van der Waals surface area contributed by atoms with E-state index in [9.17, 15) is 4.79 Å². The van der Waals surface area contributed by atoms with Gasteiger partial charge in [-0.15, -0.1) is 0 Å². The molecule has 2 aromatic rings. The van der Waals surface area contributed by atoms with Gasteiger partial charge in [0.15, 0.2) is 5.82 Å². The first-order valence-electron chi connectivity index (χ1n) is 8.78. The molecule has 1 amide bonds. The van der Waals surface area contributed by atoms with E-state index in [0.29, 0.717) is 24.7 Å². The summed E-state index contributed by atoms with van der Waals surface area (Å²) < 4.78 is 10.9. The minimum Gasteiger partial charge on any atom is -0.444 e. The average molecular weight is 343 g/mol. The Balaban J connectivity index is 1.63. The Labute approximate surface area is 148 Å². The highest BCUT2D eigenvalue weighted by Crippen LogP contribution is 2.32. The van der Waals surface area contributed by atoms with E-state index < -0.39 is 5.60 Å². The molecule has 0 bridgehead atoms. The largest absolute Gasteiger partial charge is 0.444 e. The molecule has 1 aromatic carbocycles. The zero-order valence-corrected chi connectivity index (χ0v) is 15.1. The number of carbonyl (C=O) groups is 1. The number of aromatic nitrogens is 2. The molecule has 25 heavy (non-hydrogen) atoms. The Bertz CT molecular complexity index is 706. The number of carbonyl (C=O) groups excluding carboxylic acids is 1. The molecule has 0 radical (unpaired) electrons. The van der Waals surface area contributed by atoms with Crippen LogP contribution in [0.3, 0.4) is 0 Å². The van der Waals surface area contributed by atoms with Crippen molar-refractivity contribution in [3.05, 3.63) is 47.6 Å². The second-order valence-electron chi connectivity index (χ2n) is 7.37. The van der Waals surface area contributed by atoms with Crippen molar-refractivity contribution < 1.29 is 14.1 Å². The van der Waals surface area contributed by atoms with Crippen LogP contribution in [0.15, 0.2) is 34.9 Å². The van der Waals surface area contributed by atoms with Gasteiger partial charge in [-0.2, -0.15) is 4.98 Å². The molecule has 0 saturated carbocycles. The Morgan fingerprint density at radius 1 is 1.28 bits per heavy atom. The molecule has 1 aliphatic rings. The number of nitrogens with zero attached hydrogens (tertiary/aromatic N) is 3. The number of hydrogen-bond donors (Lipinski definition) is 0. The maximum atomic E-state index is 12.4. The molecule has 0 spiro atoms. The molecule has 134 valence electrons. The fourth-order valence-electron chi connectivity index (χ4n) is 2.97. The number of amides is 1. The zero-order valence-electron chi connectivity index (χ0n) is 15.1. The molecule has 1 fully saturated rings. The molecule has 2 heterocycles. The van der Waals surface area contributed by atoms with E-state index >= 15 is 0 Å². The molecule has 6 heteroatoms. The topological polar surface area (TPSA) is 68.5 Å². The summed E-state index contributed by atoms with van der Waals surface area (Å²) in [6.07, 6.45) is 2.98. The summed E-state index contributed by atoms with van der Waals surface area (Å²) in [4.78, 5) is 18.6. The van der Waals surface area contributed by atoms with Crippen molar-refractivity contribution in [3.63, 3.8) is 0 Å². The number of ether oxygens (including phenoxy) is 1. The highest BCUT2D eigenvalue weighted by Gasteiger charge is 2.36. The van der Waals surface area contributed by atoms with Crippen LogP contribution in [0.5, 0.6) is 0 Å². The maximum Gasteiger partial charge on any atom is 0.410 e. The molecule has 0 aliphatic carbocycles. The van der Waals surface area contributed by atoms with E-state index in [-0.39, 0.29) is 12.1 Å². The van der Waals surface area contributed by atoms with Gasteiger partial charge < -0.3 is 9.26 Å². The third kappa shape index (κ3) is 4.59. The molecule has 1 aliphatic heterocycles. The van der Waals surface area contributed by atoms with Crippen LogP contribution in [0.25, 0.3) is 0 Å². The average Bonchev–Trinajstić information content (AvgIpc) is 3.21. The van der Waals surface area contributed by atoms with Gasteiger partial charge in [0.05, 0.1) is 0 Å². The van der Waals surface area contributed by atoms with Gasteiger partial charge in [-0.1, -0.05) is 35.5 Å². The standard InChI is InChI=1S/C19H25N3O3/c1-19(2,3)24-18(23)22-13-7-10-15(22)17-20-16(21-25-17)12-11-14-8-5-4-6-9-14/h4-6,8-9,15H,7,10-13H2,1-3H3/t15-/m0/s1. The molecular weight excluding hydrogens is 318 g/mol. The first-order chi connectivity index (χ1) is 11.9. The summed E-state index contributed by atoms with van der Waals surface area (Å²) >= 11 is 0. The maximum absolute atomic E-state index is 12.4. The van der Waals surface area contributed by atoms with Gasteiger partial charge in [0.25, 0.3) is 0 Å². The van der Waals surface area contributed by atoms with Crippen LogP contribution in [-0.4, -0.2) is 33.3 Å². The van der Waals surface area contributed by atoms with Crippen LogP contribution in [0.2, 0.25) is 0 Å². The third-order valence-electron chi connectivity index (χ3n) is 4.13. The summed E-state index contributed by atoms with van der Waals surface area (Å²) in [5.74, 6) is 1.18. The van der Waals surface area contributed by atoms with Crippen LogP contribution < -0.4 is 0 Å². The summed E-state index contributed by atoms with van der Waals surface area (Å²) in [5, 5.41) is 4.08. The first-order valence-corrected chi connectivity index (χ1v) is 8.78. The fourth-order valence-corrected chi connectivity index (χ4v) is 2.97. The van der Waals surface area contributed by atoms with Crippen molar-refractivity contribution in [2.24, 2.45) is 0 Å². The lowest BCUT2D eigenvalue weighted by atomic mass is 10.1. The fraction of sp³-hybridized carbons (Fsp3) is 0.526. The van der Waals surface area contributed by atoms with Gasteiger partial charge in [-0.05, 0) is 45.6 Å². The summed E-state index contributed by atoms with van der Waals surface area (Å²) in [5.41, 5.74) is 0.727. The van der Waals surface area contributed by atoms with E-state index in [2.05, 4.69) is 22.3 Å². The SMILES string of the molecule is CC(C)(C)OC(=O)N1CCC[C@H]1c1nc(CCc2ccccc2)no1. The zero-order chi connectivity index (χ0) is 17.9. The van der Waals surface area contributed by atoms with E-state index in [1.54, 1.807) is 4.90 Å². The van der Waals surface area contributed by atoms with Crippen LogP contribution in [-0.2, 0) is 17.6 Å². The van der Waals surface area contributed by atoms with Gasteiger partial charge in [-0.25, -0.2) is 4.79 Å². The van der Waals surface area contributed by atoms with Gasteiger partial charge in [0, 0.05) is 13.0 Å². The molecule has 0 unspecified atom stereocenters. The molecule has 3 rings (SSSR count). The van der Waals surface area contributed by atoms with Crippen LogP contribution in [0.4, 0.5) is 4.79 Å². The Hall–Kier alpha value is -2.37. The monoisotopic (exact) mass is 343 g/mol. The third-order valence-corrected chi connectivity index (χ3v) is 4.13. The van der Waals surface area contributed by atoms with E-state index in [1.807, 2.05) is 39.0 Å². The van der Waals surface area contributed by atoms with Crippen molar-refractivity contribution in [1.82, 2.24) is 15.0 Å². The van der Waals surface area contributed by atoms with Crippen LogP contribution in [0.1, 0.15) is 56.9 Å². The number of aryl methyl sites for hydroxylation is 2. The highest BCUT2D eigenvalue weighted by atomic mass is 16.6. The quantitative estimate of drug-likeness (QED) is 0.841. The summed E-state index contributed by atoms with van der Waals surface area (Å²) in [7, 11) is 0. The molecule has 1 saturated heterocycles. The smallest absolute Gasteiger partial charge is 0.410 e. The predicted octanol–water partition coefficient (Wildman–Crippen LogP) is 3.93. The minimum atomic E-state index is -0.514. The minimum absolute atomic E-state index is 0.187. The normalized spacial score (nSPS) is 17.7. The molecule has 6 nitrogen and oxygen atoms in total. The van der Waals surface area contributed by atoms with E-state index in [1.165, 1.54) is 5.56 Å². The predicted molar refractivity (Wildman–Crippen MR) is 93.1 cm³/mol. The van der Waals surface area contributed by atoms with Crippen molar-refractivity contribution >= 4 is 6.09 Å². The van der Waals surface area contributed by atoms with Crippen molar-refractivity contribution in [3.8, 4) is 0 Å². The Morgan fingerprint density at radius 2 is 2.04 bits per heavy atom. The Kier molecular flexibility index (Phi) is 5.06. The molecular formula is C19H25N3O3. The van der Waals surface area contributed by atoms with Crippen molar-refractivity contribution in [2.45, 2.75) is 58.1 Å². The van der Waals surface area contributed by atoms with Crippen molar-refractivity contribution in [2.75, 3.05) is 6.54 Å². The van der Waals surface area contributed by atoms with Gasteiger partial charge in [-0.3, -0.25) is 4.90 Å². The van der Waals surface area contributed by atoms with Gasteiger partial charge in [0.2, 0.25) is 5.89 Å². The van der Waals surface area contributed by atoms with E-state index in [4.69, 9.17) is 9.26 Å². The van der Waals surface area contributed by atoms with Crippen LogP contribution >= 0.6 is 0 Å².